The monoisotopic (exact) mass is 365 g/mol. The molecular weight excluding hydrogens is 342 g/mol. The molecule has 0 amide bonds. The van der Waals surface area contributed by atoms with Gasteiger partial charge in [-0.3, -0.25) is 0 Å². The normalized spacial score (nSPS) is 20.7. The van der Waals surface area contributed by atoms with Crippen molar-refractivity contribution in [2.45, 2.75) is 13.0 Å². The smallest absolute Gasteiger partial charge is 0.173 e. The van der Waals surface area contributed by atoms with E-state index in [9.17, 15) is 0 Å². The third-order valence-electron chi connectivity index (χ3n) is 5.00. The highest BCUT2D eigenvalue weighted by Crippen LogP contribution is 2.32. The minimum atomic E-state index is 0.356. The molecule has 1 fully saturated rings. The minimum absolute atomic E-state index is 0.356. The van der Waals surface area contributed by atoms with E-state index in [0.717, 1.165) is 41.6 Å². The Morgan fingerprint density at radius 2 is 1.88 bits per heavy atom. The number of hydrogen-bond donors (Lipinski definition) is 1. The van der Waals surface area contributed by atoms with E-state index >= 15 is 0 Å². The van der Waals surface area contributed by atoms with Crippen LogP contribution >= 0.6 is 12.2 Å². The van der Waals surface area contributed by atoms with E-state index in [4.69, 9.17) is 17.0 Å². The van der Waals surface area contributed by atoms with Gasteiger partial charge in [0.1, 0.15) is 12.4 Å². The largest absolute Gasteiger partial charge is 0.488 e. The van der Waals surface area contributed by atoms with E-state index in [1.807, 2.05) is 24.4 Å². The highest BCUT2D eigenvalue weighted by molar-refractivity contribution is 7.80. The predicted molar refractivity (Wildman–Crippen MR) is 110 cm³/mol. The standard InChI is InChI=1S/C21H23N3OS/c1-16-14-23(18-7-3-2-4-8-18)11-12-24(16)21(26)22-13-17-15-25-20-10-6-5-9-19(17)20/h2-10,13,16H,11-12,14-15H2,1H3,(H,22,26)/b17-13-. The Morgan fingerprint density at radius 3 is 2.69 bits per heavy atom. The van der Waals surface area contributed by atoms with Gasteiger partial charge in [0.2, 0.25) is 0 Å². The molecule has 1 atom stereocenters. The van der Waals surface area contributed by atoms with Gasteiger partial charge in [0.15, 0.2) is 5.11 Å². The Kier molecular flexibility index (Phi) is 4.80. The molecular formula is C21H23N3OS. The van der Waals surface area contributed by atoms with Gasteiger partial charge in [0.25, 0.3) is 0 Å². The minimum Gasteiger partial charge on any atom is -0.488 e. The van der Waals surface area contributed by atoms with Crippen LogP contribution in [0.15, 0.2) is 60.8 Å². The topological polar surface area (TPSA) is 27.7 Å². The van der Waals surface area contributed by atoms with Crippen molar-refractivity contribution < 1.29 is 4.74 Å². The number of rotatable bonds is 2. The van der Waals surface area contributed by atoms with Crippen LogP contribution in [0.5, 0.6) is 5.75 Å². The molecule has 2 aromatic rings. The zero-order chi connectivity index (χ0) is 17.9. The summed E-state index contributed by atoms with van der Waals surface area (Å²) in [6.07, 6.45) is 1.99. The zero-order valence-electron chi connectivity index (χ0n) is 14.9. The second-order valence-electron chi connectivity index (χ2n) is 6.73. The molecule has 0 aliphatic carbocycles. The summed E-state index contributed by atoms with van der Waals surface area (Å²) in [5, 5.41) is 4.10. The van der Waals surface area contributed by atoms with Crippen LogP contribution in [-0.2, 0) is 0 Å². The number of benzene rings is 2. The molecule has 134 valence electrons. The first-order valence-corrected chi connectivity index (χ1v) is 9.41. The van der Waals surface area contributed by atoms with E-state index in [0.29, 0.717) is 12.6 Å². The van der Waals surface area contributed by atoms with Crippen molar-refractivity contribution in [1.82, 2.24) is 10.2 Å². The van der Waals surface area contributed by atoms with Gasteiger partial charge >= 0.3 is 0 Å². The maximum absolute atomic E-state index is 5.70. The molecule has 2 aliphatic heterocycles. The lowest BCUT2D eigenvalue weighted by molar-refractivity contribution is 0.297. The van der Waals surface area contributed by atoms with Crippen LogP contribution in [0.3, 0.4) is 0 Å². The SMILES string of the molecule is CC1CN(c2ccccc2)CCN1C(=S)N/C=C1/COc2ccccc21. The number of para-hydroxylation sites is 2. The van der Waals surface area contributed by atoms with Crippen molar-refractivity contribution in [3.8, 4) is 5.75 Å². The van der Waals surface area contributed by atoms with Gasteiger partial charge < -0.3 is 19.9 Å². The maximum Gasteiger partial charge on any atom is 0.173 e. The van der Waals surface area contributed by atoms with E-state index in [1.165, 1.54) is 5.69 Å². The third kappa shape index (κ3) is 3.40. The van der Waals surface area contributed by atoms with Crippen molar-refractivity contribution in [3.05, 3.63) is 66.4 Å². The fourth-order valence-corrected chi connectivity index (χ4v) is 3.91. The number of thiocarbonyl (C=S) groups is 1. The Balaban J connectivity index is 1.38. The van der Waals surface area contributed by atoms with Crippen molar-refractivity contribution in [3.63, 3.8) is 0 Å². The first-order chi connectivity index (χ1) is 12.7. The number of fused-ring (bicyclic) bond motifs is 1. The Labute approximate surface area is 160 Å². The summed E-state index contributed by atoms with van der Waals surface area (Å²) in [5.41, 5.74) is 3.56. The summed E-state index contributed by atoms with van der Waals surface area (Å²) in [6, 6.07) is 19.0. The summed E-state index contributed by atoms with van der Waals surface area (Å²) in [6.45, 7) is 5.67. The zero-order valence-corrected chi connectivity index (χ0v) is 15.7. The molecule has 1 saturated heterocycles. The van der Waals surface area contributed by atoms with E-state index in [-0.39, 0.29) is 0 Å². The molecule has 26 heavy (non-hydrogen) atoms. The number of hydrogen-bond acceptors (Lipinski definition) is 3. The predicted octanol–water partition coefficient (Wildman–Crippen LogP) is 3.51. The fourth-order valence-electron chi connectivity index (χ4n) is 3.57. The van der Waals surface area contributed by atoms with Crippen LogP contribution < -0.4 is 15.0 Å². The molecule has 5 heteroatoms. The average molecular weight is 366 g/mol. The lowest BCUT2D eigenvalue weighted by Gasteiger charge is -2.42. The van der Waals surface area contributed by atoms with E-state index in [1.54, 1.807) is 0 Å². The summed E-state index contributed by atoms with van der Waals surface area (Å²) < 4.78 is 5.70. The Bertz CT molecular complexity index is 821. The summed E-state index contributed by atoms with van der Waals surface area (Å²) >= 11 is 5.65. The summed E-state index contributed by atoms with van der Waals surface area (Å²) in [5.74, 6) is 0.941. The second-order valence-corrected chi connectivity index (χ2v) is 7.11. The first-order valence-electron chi connectivity index (χ1n) is 9.01. The Morgan fingerprint density at radius 1 is 1.12 bits per heavy atom. The Hall–Kier alpha value is -2.53. The van der Waals surface area contributed by atoms with Gasteiger partial charge in [0.05, 0.1) is 0 Å². The number of piperazine rings is 1. The third-order valence-corrected chi connectivity index (χ3v) is 5.35. The van der Waals surface area contributed by atoms with Crippen LogP contribution in [0.4, 0.5) is 5.69 Å². The molecule has 2 aliphatic rings. The molecule has 4 nitrogen and oxygen atoms in total. The molecule has 2 aromatic carbocycles. The van der Waals surface area contributed by atoms with Crippen LogP contribution in [0.25, 0.3) is 5.57 Å². The number of nitrogens with one attached hydrogen (secondary N) is 1. The molecule has 0 aromatic heterocycles. The lowest BCUT2D eigenvalue weighted by atomic mass is 10.1. The maximum atomic E-state index is 5.70. The van der Waals surface area contributed by atoms with Gasteiger partial charge in [-0.1, -0.05) is 36.4 Å². The molecule has 1 N–H and O–H groups in total. The molecule has 2 heterocycles. The van der Waals surface area contributed by atoms with Crippen molar-refractivity contribution in [2.24, 2.45) is 0 Å². The number of nitrogens with zero attached hydrogens (tertiary/aromatic N) is 2. The molecule has 0 spiro atoms. The summed E-state index contributed by atoms with van der Waals surface area (Å²) in [7, 11) is 0. The molecule has 0 saturated carbocycles. The molecule has 4 rings (SSSR count). The summed E-state index contributed by atoms with van der Waals surface area (Å²) in [4.78, 5) is 4.69. The molecule has 0 bridgehead atoms. The fraction of sp³-hybridized carbons (Fsp3) is 0.286. The molecule has 0 radical (unpaired) electrons. The molecule has 1 unspecified atom stereocenters. The van der Waals surface area contributed by atoms with Crippen molar-refractivity contribution in [2.75, 3.05) is 31.1 Å². The van der Waals surface area contributed by atoms with E-state index < -0.39 is 0 Å². The van der Waals surface area contributed by atoms with Crippen molar-refractivity contribution in [1.29, 1.82) is 0 Å². The lowest BCUT2D eigenvalue weighted by Crippen LogP contribution is -2.56. The van der Waals surface area contributed by atoms with Crippen LogP contribution in [0.1, 0.15) is 12.5 Å². The van der Waals surface area contributed by atoms with Gasteiger partial charge in [-0.25, -0.2) is 0 Å². The van der Waals surface area contributed by atoms with E-state index in [2.05, 4.69) is 58.4 Å². The van der Waals surface area contributed by atoms with Crippen LogP contribution in [0.2, 0.25) is 0 Å². The number of anilines is 1. The average Bonchev–Trinajstić information content (AvgIpc) is 3.10. The van der Waals surface area contributed by atoms with Crippen molar-refractivity contribution >= 4 is 28.6 Å². The highest BCUT2D eigenvalue weighted by atomic mass is 32.1. The van der Waals surface area contributed by atoms with Gasteiger partial charge in [0, 0.05) is 48.7 Å². The van der Waals surface area contributed by atoms with Crippen LogP contribution in [0, 0.1) is 0 Å². The van der Waals surface area contributed by atoms with Gasteiger partial charge in [-0.05, 0) is 37.3 Å². The van der Waals surface area contributed by atoms with Gasteiger partial charge in [-0.2, -0.15) is 0 Å². The van der Waals surface area contributed by atoms with Crippen LogP contribution in [-0.4, -0.2) is 42.3 Å². The number of ether oxygens (including phenoxy) is 1. The van der Waals surface area contributed by atoms with Gasteiger partial charge in [-0.15, -0.1) is 0 Å². The second kappa shape index (κ2) is 7.38. The first kappa shape index (κ1) is 16.9. The highest BCUT2D eigenvalue weighted by Gasteiger charge is 2.25. The quantitative estimate of drug-likeness (QED) is 0.823.